The molecule has 1 fully saturated rings. The Morgan fingerprint density at radius 3 is 2.69 bits per heavy atom. The van der Waals surface area contributed by atoms with Crippen molar-refractivity contribution in [3.63, 3.8) is 0 Å². The number of carbonyl (C=O) groups is 1. The maximum atomic E-state index is 12.2. The van der Waals surface area contributed by atoms with E-state index in [1.54, 1.807) is 0 Å². The smallest absolute Gasteiger partial charge is 0.224 e. The minimum absolute atomic E-state index is 0.221. The molecule has 1 amide bonds. The second kappa shape index (κ2) is 9.59. The Balaban J connectivity index is 1.97. The van der Waals surface area contributed by atoms with Crippen LogP contribution in [0.15, 0.2) is 11.2 Å². The van der Waals surface area contributed by atoms with Gasteiger partial charge in [-0.15, -0.1) is 0 Å². The van der Waals surface area contributed by atoms with Crippen molar-refractivity contribution in [1.29, 1.82) is 0 Å². The van der Waals surface area contributed by atoms with Crippen LogP contribution in [0.2, 0.25) is 0 Å². The van der Waals surface area contributed by atoms with E-state index < -0.39 is 0 Å². The number of hydrogen-bond donors (Lipinski definition) is 1. The SMILES string of the molecule is CCNC(=NCCC(=O)N1CCCC1)N(C)Cc1cn(C)nc1C(C)C. The summed E-state index contributed by atoms with van der Waals surface area (Å²) in [7, 11) is 3.99. The Morgan fingerprint density at radius 2 is 2.08 bits per heavy atom. The highest BCUT2D eigenvalue weighted by molar-refractivity contribution is 5.81. The molecule has 0 spiro atoms. The van der Waals surface area contributed by atoms with Crippen molar-refractivity contribution in [2.45, 2.75) is 52.5 Å². The summed E-state index contributed by atoms with van der Waals surface area (Å²) >= 11 is 0. The van der Waals surface area contributed by atoms with Gasteiger partial charge in [0.15, 0.2) is 5.96 Å². The van der Waals surface area contributed by atoms with E-state index >= 15 is 0 Å². The van der Waals surface area contributed by atoms with Gasteiger partial charge in [0.1, 0.15) is 0 Å². The van der Waals surface area contributed by atoms with E-state index in [4.69, 9.17) is 0 Å². The van der Waals surface area contributed by atoms with Crippen molar-refractivity contribution in [2.24, 2.45) is 12.0 Å². The quantitative estimate of drug-likeness (QED) is 0.595. The summed E-state index contributed by atoms with van der Waals surface area (Å²) in [5.74, 6) is 1.44. The number of aryl methyl sites for hydroxylation is 1. The molecule has 1 N–H and O–H groups in total. The van der Waals surface area contributed by atoms with Gasteiger partial charge >= 0.3 is 0 Å². The number of aliphatic imine (C=N–C) groups is 1. The van der Waals surface area contributed by atoms with Crippen LogP contribution in [0.4, 0.5) is 0 Å². The van der Waals surface area contributed by atoms with Crippen LogP contribution in [0.5, 0.6) is 0 Å². The van der Waals surface area contributed by atoms with E-state index in [1.807, 2.05) is 23.7 Å². The Bertz CT molecular complexity index is 616. The highest BCUT2D eigenvalue weighted by Crippen LogP contribution is 2.18. The normalized spacial score (nSPS) is 15.0. The number of hydrogen-bond acceptors (Lipinski definition) is 3. The van der Waals surface area contributed by atoms with Crippen LogP contribution >= 0.6 is 0 Å². The Labute approximate surface area is 157 Å². The second-order valence-electron chi connectivity index (χ2n) is 7.30. The molecule has 0 radical (unpaired) electrons. The second-order valence-corrected chi connectivity index (χ2v) is 7.30. The first-order valence-corrected chi connectivity index (χ1v) is 9.72. The van der Waals surface area contributed by atoms with Gasteiger partial charge in [-0.1, -0.05) is 13.8 Å². The fraction of sp³-hybridized carbons (Fsp3) is 0.737. The van der Waals surface area contributed by atoms with Gasteiger partial charge in [0.2, 0.25) is 5.91 Å². The summed E-state index contributed by atoms with van der Waals surface area (Å²) in [6, 6.07) is 0. The van der Waals surface area contributed by atoms with E-state index in [0.29, 0.717) is 18.9 Å². The molecule has 0 unspecified atom stereocenters. The first-order valence-electron chi connectivity index (χ1n) is 9.72. The topological polar surface area (TPSA) is 65.8 Å². The third kappa shape index (κ3) is 5.47. The van der Waals surface area contributed by atoms with E-state index in [1.165, 1.54) is 5.56 Å². The predicted octanol–water partition coefficient (Wildman–Crippen LogP) is 1.95. The number of aromatic nitrogens is 2. The molecule has 1 aliphatic heterocycles. The molecule has 1 aliphatic rings. The van der Waals surface area contributed by atoms with E-state index in [9.17, 15) is 4.79 Å². The molecule has 1 saturated heterocycles. The maximum Gasteiger partial charge on any atom is 0.224 e. The van der Waals surface area contributed by atoms with Crippen LogP contribution in [-0.4, -0.2) is 64.7 Å². The summed E-state index contributed by atoms with van der Waals surface area (Å²) in [6.45, 7) is 10.3. The average Bonchev–Trinajstić information content (AvgIpc) is 3.23. The van der Waals surface area contributed by atoms with Crippen LogP contribution in [-0.2, 0) is 18.4 Å². The van der Waals surface area contributed by atoms with Gasteiger partial charge in [0.05, 0.1) is 12.2 Å². The van der Waals surface area contributed by atoms with Gasteiger partial charge in [0, 0.05) is 58.5 Å². The van der Waals surface area contributed by atoms with Crippen LogP contribution < -0.4 is 5.32 Å². The molecule has 26 heavy (non-hydrogen) atoms. The van der Waals surface area contributed by atoms with Crippen LogP contribution in [0.1, 0.15) is 57.2 Å². The monoisotopic (exact) mass is 362 g/mol. The molecule has 0 aliphatic carbocycles. The van der Waals surface area contributed by atoms with Gasteiger partial charge in [-0.05, 0) is 25.7 Å². The third-order valence-corrected chi connectivity index (χ3v) is 4.63. The molecule has 2 heterocycles. The first kappa shape index (κ1) is 20.3. The number of likely N-dealkylation sites (tertiary alicyclic amines) is 1. The minimum Gasteiger partial charge on any atom is -0.357 e. The highest BCUT2D eigenvalue weighted by atomic mass is 16.2. The maximum absolute atomic E-state index is 12.2. The molecular formula is C19H34N6O. The number of amides is 1. The van der Waals surface area contributed by atoms with Gasteiger partial charge in [0.25, 0.3) is 0 Å². The van der Waals surface area contributed by atoms with Crippen molar-refractivity contribution >= 4 is 11.9 Å². The fourth-order valence-corrected chi connectivity index (χ4v) is 3.34. The van der Waals surface area contributed by atoms with Crippen LogP contribution in [0.25, 0.3) is 0 Å². The zero-order valence-electron chi connectivity index (χ0n) is 17.0. The number of guanidine groups is 1. The fourth-order valence-electron chi connectivity index (χ4n) is 3.34. The molecule has 0 aromatic carbocycles. The summed E-state index contributed by atoms with van der Waals surface area (Å²) < 4.78 is 1.87. The number of carbonyl (C=O) groups excluding carboxylic acids is 1. The van der Waals surface area contributed by atoms with Crippen LogP contribution in [0, 0.1) is 0 Å². The van der Waals surface area contributed by atoms with Gasteiger partial charge in [-0.3, -0.25) is 14.5 Å². The van der Waals surface area contributed by atoms with Gasteiger partial charge in [-0.25, -0.2) is 0 Å². The number of nitrogens with zero attached hydrogens (tertiary/aromatic N) is 5. The van der Waals surface area contributed by atoms with E-state index in [0.717, 1.165) is 50.7 Å². The van der Waals surface area contributed by atoms with Crippen LogP contribution in [0.3, 0.4) is 0 Å². The van der Waals surface area contributed by atoms with Crippen molar-refractivity contribution < 1.29 is 4.79 Å². The average molecular weight is 363 g/mol. The summed E-state index contributed by atoms with van der Waals surface area (Å²) in [5, 5.41) is 7.90. The van der Waals surface area contributed by atoms with E-state index in [-0.39, 0.29) is 5.91 Å². The zero-order chi connectivity index (χ0) is 19.1. The molecule has 146 valence electrons. The lowest BCUT2D eigenvalue weighted by molar-refractivity contribution is -0.129. The Morgan fingerprint density at radius 1 is 1.38 bits per heavy atom. The van der Waals surface area contributed by atoms with Crippen molar-refractivity contribution in [3.8, 4) is 0 Å². The van der Waals surface area contributed by atoms with Crippen molar-refractivity contribution in [3.05, 3.63) is 17.5 Å². The highest BCUT2D eigenvalue weighted by Gasteiger charge is 2.18. The molecule has 1 aromatic rings. The molecule has 0 bridgehead atoms. The predicted molar refractivity (Wildman–Crippen MR) is 105 cm³/mol. The molecule has 2 rings (SSSR count). The largest absolute Gasteiger partial charge is 0.357 e. The number of nitrogens with one attached hydrogen (secondary N) is 1. The summed E-state index contributed by atoms with van der Waals surface area (Å²) in [6.07, 6.45) is 4.81. The Kier molecular flexibility index (Phi) is 7.48. The lowest BCUT2D eigenvalue weighted by Crippen LogP contribution is -2.39. The molecule has 7 heteroatoms. The molecule has 7 nitrogen and oxygen atoms in total. The first-order chi connectivity index (χ1) is 12.4. The van der Waals surface area contributed by atoms with Crippen molar-refractivity contribution in [2.75, 3.05) is 33.2 Å². The van der Waals surface area contributed by atoms with Gasteiger partial charge < -0.3 is 15.1 Å². The summed E-state index contributed by atoms with van der Waals surface area (Å²) in [5.41, 5.74) is 2.34. The molecule has 1 aromatic heterocycles. The summed E-state index contributed by atoms with van der Waals surface area (Å²) in [4.78, 5) is 20.9. The lowest BCUT2D eigenvalue weighted by atomic mass is 10.1. The lowest BCUT2D eigenvalue weighted by Gasteiger charge is -2.22. The Hall–Kier alpha value is -2.05. The molecule has 0 saturated carbocycles. The van der Waals surface area contributed by atoms with E-state index in [2.05, 4.69) is 47.3 Å². The van der Waals surface area contributed by atoms with Gasteiger partial charge in [-0.2, -0.15) is 5.10 Å². The molecular weight excluding hydrogens is 328 g/mol. The molecule has 0 atom stereocenters. The van der Waals surface area contributed by atoms with Crippen molar-refractivity contribution in [1.82, 2.24) is 24.9 Å². The zero-order valence-corrected chi connectivity index (χ0v) is 17.0. The third-order valence-electron chi connectivity index (χ3n) is 4.63. The standard InChI is InChI=1S/C19H34N6O/c1-6-20-19(21-10-9-17(26)25-11-7-8-12-25)23(4)13-16-14-24(5)22-18(16)15(2)3/h14-15H,6-13H2,1-5H3,(H,20,21). The number of rotatable bonds is 7. The minimum atomic E-state index is 0.221.